The van der Waals surface area contributed by atoms with E-state index < -0.39 is 36.3 Å². The predicted octanol–water partition coefficient (Wildman–Crippen LogP) is 5.88. The Balaban J connectivity index is 2.79. The number of esters is 1. The first-order valence-electron chi connectivity index (χ1n) is 17.0. The lowest BCUT2D eigenvalue weighted by Crippen LogP contribution is -2.43. The number of amides is 1. The van der Waals surface area contributed by atoms with Crippen LogP contribution in [0.15, 0.2) is 0 Å². The monoisotopic (exact) mass is 597 g/mol. The summed E-state index contributed by atoms with van der Waals surface area (Å²) in [6.45, 7) is 10.1. The van der Waals surface area contributed by atoms with E-state index in [0.717, 1.165) is 64.2 Å². The quantitative estimate of drug-likeness (QED) is 0.299. The van der Waals surface area contributed by atoms with E-state index in [2.05, 4.69) is 26.1 Å². The standard InChI is InChI=1S/C34H63NO7/c1-6-12-32-33(40)35-23-29(37)22-31(39)30(38)20-19-24(3)14-10-15-27(7-2)16-11-18-28(36)17-9-8-13-25(4)21-26(5)34(41)42-32/h24-27,29-32,37-39H,6-23H2,1-5H3,(H,35,40). The number of β-amino-alcohol motifs (C(OH)–C–C–N with tert-alkyl or cyclic N) is 1. The van der Waals surface area contributed by atoms with E-state index in [0.29, 0.717) is 62.1 Å². The summed E-state index contributed by atoms with van der Waals surface area (Å²) < 4.78 is 5.59. The number of hydrogen-bond donors (Lipinski definition) is 4. The molecule has 1 heterocycles. The SMILES string of the molecule is CCCC1OC(=O)C(C)CC(C)CCCCC(=O)CCCC(CC)CCCC(C)CCC(O)C(O)CC(O)CNC1=O. The minimum Gasteiger partial charge on any atom is -0.452 e. The van der Waals surface area contributed by atoms with Crippen molar-refractivity contribution >= 4 is 17.7 Å². The maximum Gasteiger partial charge on any atom is 0.309 e. The van der Waals surface area contributed by atoms with E-state index in [1.165, 1.54) is 0 Å². The number of carbonyl (C=O) groups excluding carboxylic acids is 3. The molecule has 0 aromatic rings. The highest BCUT2D eigenvalue weighted by atomic mass is 16.5. The Labute approximate surface area is 255 Å². The number of ketones is 1. The Kier molecular flexibility index (Phi) is 20.2. The predicted molar refractivity (Wildman–Crippen MR) is 167 cm³/mol. The van der Waals surface area contributed by atoms with Gasteiger partial charge < -0.3 is 25.4 Å². The average molecular weight is 598 g/mol. The molecule has 0 radical (unpaired) electrons. The van der Waals surface area contributed by atoms with Gasteiger partial charge in [-0.2, -0.15) is 0 Å². The molecule has 0 saturated carbocycles. The number of aliphatic hydroxyl groups is 3. The third-order valence-electron chi connectivity index (χ3n) is 9.04. The molecule has 42 heavy (non-hydrogen) atoms. The number of hydrogen-bond acceptors (Lipinski definition) is 7. The van der Waals surface area contributed by atoms with Crippen LogP contribution in [0.1, 0.15) is 144 Å². The summed E-state index contributed by atoms with van der Waals surface area (Å²) in [5, 5.41) is 34.0. The molecule has 0 bridgehead atoms. The molecule has 0 aromatic heterocycles. The second-order valence-electron chi connectivity index (χ2n) is 13.3. The molecule has 1 rings (SSSR count). The van der Waals surface area contributed by atoms with E-state index in [4.69, 9.17) is 4.74 Å². The highest BCUT2D eigenvalue weighted by Gasteiger charge is 2.27. The molecular weight excluding hydrogens is 534 g/mol. The Hall–Kier alpha value is -1.51. The molecule has 246 valence electrons. The van der Waals surface area contributed by atoms with Crippen molar-refractivity contribution in [3.63, 3.8) is 0 Å². The van der Waals surface area contributed by atoms with Gasteiger partial charge in [0.15, 0.2) is 6.10 Å². The first-order chi connectivity index (χ1) is 20.0. The van der Waals surface area contributed by atoms with Gasteiger partial charge >= 0.3 is 5.97 Å². The Bertz CT molecular complexity index is 760. The number of Topliss-reactive ketones (excluding diaryl/α,β-unsaturated/α-hetero) is 1. The fraction of sp³-hybridized carbons (Fsp3) is 0.912. The van der Waals surface area contributed by atoms with Crippen molar-refractivity contribution in [3.8, 4) is 0 Å². The van der Waals surface area contributed by atoms with Crippen LogP contribution < -0.4 is 5.32 Å². The minimum absolute atomic E-state index is 0.0519. The number of aliphatic hydroxyl groups excluding tert-OH is 3. The van der Waals surface area contributed by atoms with Crippen LogP contribution in [0.2, 0.25) is 0 Å². The second kappa shape index (κ2) is 22.1. The number of cyclic esters (lactones) is 1. The van der Waals surface area contributed by atoms with Crippen LogP contribution in [-0.2, 0) is 19.1 Å². The minimum atomic E-state index is -1.09. The maximum atomic E-state index is 12.8. The third-order valence-corrected chi connectivity index (χ3v) is 9.04. The van der Waals surface area contributed by atoms with Gasteiger partial charge in [0.2, 0.25) is 0 Å². The van der Waals surface area contributed by atoms with E-state index in [9.17, 15) is 29.7 Å². The Morgan fingerprint density at radius 3 is 2.12 bits per heavy atom. The number of rotatable bonds is 3. The van der Waals surface area contributed by atoms with Crippen molar-refractivity contribution in [1.82, 2.24) is 5.32 Å². The van der Waals surface area contributed by atoms with Crippen molar-refractivity contribution in [3.05, 3.63) is 0 Å². The molecule has 8 heteroatoms. The van der Waals surface area contributed by atoms with Gasteiger partial charge in [0, 0.05) is 25.8 Å². The summed E-state index contributed by atoms with van der Waals surface area (Å²) in [5.41, 5.74) is 0. The van der Waals surface area contributed by atoms with Gasteiger partial charge in [-0.25, -0.2) is 0 Å². The molecule has 8 unspecified atom stereocenters. The normalized spacial score (nSPS) is 34.0. The van der Waals surface area contributed by atoms with Crippen molar-refractivity contribution in [1.29, 1.82) is 0 Å². The molecule has 0 aliphatic carbocycles. The first kappa shape index (κ1) is 38.5. The van der Waals surface area contributed by atoms with Gasteiger partial charge in [-0.15, -0.1) is 0 Å². The van der Waals surface area contributed by atoms with Gasteiger partial charge in [-0.05, 0) is 56.3 Å². The van der Waals surface area contributed by atoms with Crippen LogP contribution in [0, 0.1) is 23.7 Å². The molecule has 1 fully saturated rings. The molecular formula is C34H63NO7. The molecule has 0 aromatic carbocycles. The molecule has 1 saturated heterocycles. The van der Waals surface area contributed by atoms with E-state index >= 15 is 0 Å². The molecule has 0 spiro atoms. The summed E-state index contributed by atoms with van der Waals surface area (Å²) >= 11 is 0. The van der Waals surface area contributed by atoms with Crippen LogP contribution in [0.5, 0.6) is 0 Å². The van der Waals surface area contributed by atoms with Gasteiger partial charge in [0.25, 0.3) is 5.91 Å². The summed E-state index contributed by atoms with van der Waals surface area (Å²) in [5.74, 6) is 0.498. The average Bonchev–Trinajstić information content (AvgIpc) is 2.95. The van der Waals surface area contributed by atoms with Crippen LogP contribution in [-0.4, -0.2) is 63.9 Å². The lowest BCUT2D eigenvalue weighted by Gasteiger charge is -2.24. The number of carbonyl (C=O) groups is 3. The number of nitrogens with one attached hydrogen (secondary N) is 1. The highest BCUT2D eigenvalue weighted by molar-refractivity contribution is 5.84. The van der Waals surface area contributed by atoms with Crippen LogP contribution in [0.25, 0.3) is 0 Å². The van der Waals surface area contributed by atoms with E-state index in [-0.39, 0.29) is 18.9 Å². The maximum absolute atomic E-state index is 12.8. The van der Waals surface area contributed by atoms with Crippen molar-refractivity contribution in [2.45, 2.75) is 168 Å². The molecule has 4 N–H and O–H groups in total. The summed E-state index contributed by atoms with van der Waals surface area (Å²) in [6, 6.07) is 0. The van der Waals surface area contributed by atoms with Crippen molar-refractivity contribution in [2.24, 2.45) is 23.7 Å². The lowest BCUT2D eigenvalue weighted by atomic mass is 9.89. The van der Waals surface area contributed by atoms with Gasteiger partial charge in [0.1, 0.15) is 5.78 Å². The van der Waals surface area contributed by atoms with Crippen LogP contribution in [0.3, 0.4) is 0 Å². The first-order valence-corrected chi connectivity index (χ1v) is 17.0. The zero-order valence-corrected chi connectivity index (χ0v) is 27.3. The summed E-state index contributed by atoms with van der Waals surface area (Å²) in [7, 11) is 0. The molecule has 1 aliphatic rings. The van der Waals surface area contributed by atoms with Crippen LogP contribution in [0.4, 0.5) is 0 Å². The molecule has 8 nitrogen and oxygen atoms in total. The molecule has 1 amide bonds. The lowest BCUT2D eigenvalue weighted by molar-refractivity contribution is -0.160. The Morgan fingerprint density at radius 2 is 1.43 bits per heavy atom. The highest BCUT2D eigenvalue weighted by Crippen LogP contribution is 2.25. The third kappa shape index (κ3) is 17.0. The zero-order valence-electron chi connectivity index (χ0n) is 27.3. The fourth-order valence-electron chi connectivity index (χ4n) is 6.06. The summed E-state index contributed by atoms with van der Waals surface area (Å²) in [6.07, 6.45) is 9.46. The topological polar surface area (TPSA) is 133 Å². The Morgan fingerprint density at radius 1 is 0.762 bits per heavy atom. The largest absolute Gasteiger partial charge is 0.452 e. The van der Waals surface area contributed by atoms with Gasteiger partial charge in [-0.3, -0.25) is 14.4 Å². The van der Waals surface area contributed by atoms with E-state index in [1.54, 1.807) is 0 Å². The van der Waals surface area contributed by atoms with Gasteiger partial charge in [-0.1, -0.05) is 86.0 Å². The van der Waals surface area contributed by atoms with Crippen molar-refractivity contribution in [2.75, 3.05) is 6.54 Å². The molecule has 8 atom stereocenters. The van der Waals surface area contributed by atoms with Gasteiger partial charge in [0.05, 0.1) is 24.2 Å². The zero-order chi connectivity index (χ0) is 31.5. The van der Waals surface area contributed by atoms with Crippen molar-refractivity contribution < 1.29 is 34.4 Å². The summed E-state index contributed by atoms with van der Waals surface area (Å²) in [4.78, 5) is 38.0. The number of ether oxygens (including phenoxy) is 1. The smallest absolute Gasteiger partial charge is 0.309 e. The fourth-order valence-corrected chi connectivity index (χ4v) is 6.06. The van der Waals surface area contributed by atoms with Crippen LogP contribution >= 0.6 is 0 Å². The van der Waals surface area contributed by atoms with E-state index in [1.807, 2.05) is 13.8 Å². The molecule has 1 aliphatic heterocycles. The second-order valence-corrected chi connectivity index (χ2v) is 13.3.